The zero-order valence-electron chi connectivity index (χ0n) is 12.9. The number of aryl methyl sites for hydroxylation is 2. The third kappa shape index (κ3) is 3.12. The molecular weight excluding hydrogens is 310 g/mol. The van der Waals surface area contributed by atoms with Gasteiger partial charge in [-0.25, -0.2) is 13.4 Å². The Hall–Kier alpha value is -2.60. The normalized spacial score (nSPS) is 11.4. The molecule has 0 spiro atoms. The molecule has 23 heavy (non-hydrogen) atoms. The van der Waals surface area contributed by atoms with Gasteiger partial charge < -0.3 is 4.57 Å². The minimum atomic E-state index is -3.64. The molecule has 0 fully saturated rings. The number of sulfonamides is 1. The molecular formula is C17H17N3O2S. The maximum absolute atomic E-state index is 12.4. The minimum Gasteiger partial charge on any atom is -0.319 e. The van der Waals surface area contributed by atoms with Crippen LogP contribution in [0, 0.1) is 13.8 Å². The summed E-state index contributed by atoms with van der Waals surface area (Å²) in [5.74, 6) is 0.300. The van der Waals surface area contributed by atoms with Crippen molar-refractivity contribution in [2.75, 3.05) is 4.72 Å². The predicted molar refractivity (Wildman–Crippen MR) is 90.3 cm³/mol. The van der Waals surface area contributed by atoms with E-state index in [-0.39, 0.29) is 4.90 Å². The number of nitrogens with zero attached hydrogens (tertiary/aromatic N) is 2. The van der Waals surface area contributed by atoms with Crippen LogP contribution in [0.25, 0.3) is 5.69 Å². The number of aromatic nitrogens is 2. The molecule has 0 unspecified atom stereocenters. The van der Waals surface area contributed by atoms with Gasteiger partial charge in [0.2, 0.25) is 0 Å². The van der Waals surface area contributed by atoms with E-state index >= 15 is 0 Å². The first kappa shape index (κ1) is 15.3. The molecule has 3 rings (SSSR count). The Kier molecular flexibility index (Phi) is 3.92. The van der Waals surface area contributed by atoms with Gasteiger partial charge in [0.05, 0.1) is 4.90 Å². The van der Waals surface area contributed by atoms with Crippen LogP contribution in [0.4, 0.5) is 5.82 Å². The van der Waals surface area contributed by atoms with E-state index in [0.29, 0.717) is 5.82 Å². The topological polar surface area (TPSA) is 64.0 Å². The molecule has 0 aliphatic rings. The highest BCUT2D eigenvalue weighted by Gasteiger charge is 2.15. The second-order valence-corrected chi connectivity index (χ2v) is 6.95. The molecule has 2 heterocycles. The number of benzene rings is 1. The first-order valence-electron chi connectivity index (χ1n) is 7.16. The van der Waals surface area contributed by atoms with Crippen LogP contribution in [-0.2, 0) is 10.0 Å². The number of rotatable bonds is 4. The van der Waals surface area contributed by atoms with E-state index in [2.05, 4.69) is 14.3 Å². The highest BCUT2D eigenvalue weighted by Crippen LogP contribution is 2.20. The van der Waals surface area contributed by atoms with Crippen LogP contribution in [0.2, 0.25) is 0 Å². The van der Waals surface area contributed by atoms with Crippen molar-refractivity contribution < 1.29 is 8.42 Å². The van der Waals surface area contributed by atoms with E-state index in [1.54, 1.807) is 48.7 Å². The fourth-order valence-corrected chi connectivity index (χ4v) is 3.48. The van der Waals surface area contributed by atoms with Crippen LogP contribution in [0.5, 0.6) is 0 Å². The summed E-state index contributed by atoms with van der Waals surface area (Å²) in [6, 6.07) is 15.9. The molecule has 0 bridgehead atoms. The number of hydrogen-bond donors (Lipinski definition) is 1. The van der Waals surface area contributed by atoms with Crippen molar-refractivity contribution in [2.45, 2.75) is 18.7 Å². The molecule has 0 amide bonds. The van der Waals surface area contributed by atoms with Crippen LogP contribution in [-0.4, -0.2) is 18.0 Å². The van der Waals surface area contributed by atoms with Crippen molar-refractivity contribution in [3.63, 3.8) is 0 Å². The lowest BCUT2D eigenvalue weighted by atomic mass is 10.3. The van der Waals surface area contributed by atoms with Crippen molar-refractivity contribution in [3.8, 4) is 5.69 Å². The third-order valence-corrected chi connectivity index (χ3v) is 4.95. The SMILES string of the molecule is Cc1ccc(C)n1-c1ccc(S(=O)(=O)Nc2ccccn2)cc1. The smallest absolute Gasteiger partial charge is 0.263 e. The van der Waals surface area contributed by atoms with Gasteiger partial charge in [-0.1, -0.05) is 6.07 Å². The first-order chi connectivity index (χ1) is 11.0. The maximum atomic E-state index is 12.4. The Morgan fingerprint density at radius 3 is 2.13 bits per heavy atom. The number of nitrogens with one attached hydrogen (secondary N) is 1. The molecule has 2 aromatic heterocycles. The van der Waals surface area contributed by atoms with Gasteiger partial charge in [0.1, 0.15) is 5.82 Å². The average molecular weight is 327 g/mol. The van der Waals surface area contributed by atoms with Gasteiger partial charge >= 0.3 is 0 Å². The Morgan fingerprint density at radius 1 is 0.913 bits per heavy atom. The summed E-state index contributed by atoms with van der Waals surface area (Å²) in [6.07, 6.45) is 1.54. The fraction of sp³-hybridized carbons (Fsp3) is 0.118. The average Bonchev–Trinajstić information content (AvgIpc) is 2.87. The number of pyridine rings is 1. The molecule has 5 nitrogen and oxygen atoms in total. The summed E-state index contributed by atoms with van der Waals surface area (Å²) in [4.78, 5) is 4.18. The second kappa shape index (κ2) is 5.89. The molecule has 6 heteroatoms. The van der Waals surface area contributed by atoms with E-state index in [1.165, 1.54) is 0 Å². The lowest BCUT2D eigenvalue weighted by Crippen LogP contribution is -2.13. The summed E-state index contributed by atoms with van der Waals surface area (Å²) < 4.78 is 29.3. The zero-order chi connectivity index (χ0) is 16.4. The van der Waals surface area contributed by atoms with Gasteiger partial charge in [-0.15, -0.1) is 0 Å². The molecule has 0 saturated heterocycles. The van der Waals surface area contributed by atoms with E-state index in [4.69, 9.17) is 0 Å². The van der Waals surface area contributed by atoms with Crippen LogP contribution in [0.3, 0.4) is 0 Å². The van der Waals surface area contributed by atoms with E-state index < -0.39 is 10.0 Å². The van der Waals surface area contributed by atoms with Crippen molar-refractivity contribution >= 4 is 15.8 Å². The molecule has 0 aliphatic heterocycles. The van der Waals surface area contributed by atoms with Gasteiger partial charge in [-0.05, 0) is 62.4 Å². The molecule has 118 valence electrons. The standard InChI is InChI=1S/C17H17N3O2S/c1-13-6-7-14(2)20(13)15-8-10-16(11-9-15)23(21,22)19-17-5-3-4-12-18-17/h3-12H,1-2H3,(H,18,19). The zero-order valence-corrected chi connectivity index (χ0v) is 13.7. The molecule has 1 aromatic carbocycles. The number of anilines is 1. The summed E-state index contributed by atoms with van der Waals surface area (Å²) in [7, 11) is -3.64. The van der Waals surface area contributed by atoms with Gasteiger partial charge in [-0.2, -0.15) is 0 Å². The highest BCUT2D eigenvalue weighted by molar-refractivity contribution is 7.92. The predicted octanol–water partition coefficient (Wildman–Crippen LogP) is 3.29. The number of hydrogen-bond acceptors (Lipinski definition) is 3. The second-order valence-electron chi connectivity index (χ2n) is 5.27. The minimum absolute atomic E-state index is 0.203. The van der Waals surface area contributed by atoms with Gasteiger partial charge in [0.15, 0.2) is 0 Å². The lowest BCUT2D eigenvalue weighted by molar-refractivity contribution is 0.601. The molecule has 0 saturated carbocycles. The monoisotopic (exact) mass is 327 g/mol. The quantitative estimate of drug-likeness (QED) is 0.800. The summed E-state index contributed by atoms with van der Waals surface area (Å²) in [6.45, 7) is 4.03. The molecule has 3 aromatic rings. The van der Waals surface area contributed by atoms with Crippen molar-refractivity contribution in [2.24, 2.45) is 0 Å². The summed E-state index contributed by atoms with van der Waals surface area (Å²) in [5, 5.41) is 0. The molecule has 1 N–H and O–H groups in total. The largest absolute Gasteiger partial charge is 0.319 e. The Morgan fingerprint density at radius 2 is 1.57 bits per heavy atom. The van der Waals surface area contributed by atoms with Gasteiger partial charge in [-0.3, -0.25) is 4.72 Å². The maximum Gasteiger partial charge on any atom is 0.263 e. The van der Waals surface area contributed by atoms with Gasteiger partial charge in [0, 0.05) is 23.3 Å². The van der Waals surface area contributed by atoms with Crippen LogP contribution >= 0.6 is 0 Å². The van der Waals surface area contributed by atoms with E-state index in [0.717, 1.165) is 17.1 Å². The van der Waals surface area contributed by atoms with Gasteiger partial charge in [0.25, 0.3) is 10.0 Å². The summed E-state index contributed by atoms with van der Waals surface area (Å²) in [5.41, 5.74) is 3.14. The molecule has 0 radical (unpaired) electrons. The summed E-state index contributed by atoms with van der Waals surface area (Å²) >= 11 is 0. The molecule has 0 atom stereocenters. The Bertz CT molecular complexity index is 895. The first-order valence-corrected chi connectivity index (χ1v) is 8.65. The van der Waals surface area contributed by atoms with Crippen molar-refractivity contribution in [1.82, 2.24) is 9.55 Å². The van der Waals surface area contributed by atoms with Crippen molar-refractivity contribution in [1.29, 1.82) is 0 Å². The Labute approximate surface area is 135 Å². The van der Waals surface area contributed by atoms with Crippen LogP contribution in [0.15, 0.2) is 65.7 Å². The van der Waals surface area contributed by atoms with Crippen molar-refractivity contribution in [3.05, 3.63) is 72.2 Å². The van der Waals surface area contributed by atoms with E-state index in [1.807, 2.05) is 26.0 Å². The van der Waals surface area contributed by atoms with E-state index in [9.17, 15) is 8.42 Å². The van der Waals surface area contributed by atoms with Crippen LogP contribution < -0.4 is 4.72 Å². The highest BCUT2D eigenvalue weighted by atomic mass is 32.2. The lowest BCUT2D eigenvalue weighted by Gasteiger charge is -2.11. The third-order valence-electron chi connectivity index (χ3n) is 3.58. The Balaban J connectivity index is 1.90. The van der Waals surface area contributed by atoms with Crippen LogP contribution in [0.1, 0.15) is 11.4 Å². The fourth-order valence-electron chi connectivity index (χ4n) is 2.47. The molecule has 0 aliphatic carbocycles.